The van der Waals surface area contributed by atoms with Crippen LogP contribution in [0.15, 0.2) is 51.5 Å². The number of furan rings is 1. The third-order valence-corrected chi connectivity index (χ3v) is 2.79. The highest BCUT2D eigenvalue weighted by Gasteiger charge is 2.12. The van der Waals surface area contributed by atoms with Crippen LogP contribution in [0.2, 0.25) is 0 Å². The second-order valence-electron chi connectivity index (χ2n) is 4.33. The lowest BCUT2D eigenvalue weighted by Crippen LogP contribution is -2.07. The summed E-state index contributed by atoms with van der Waals surface area (Å²) in [5, 5.41) is 8.00. The van der Waals surface area contributed by atoms with Gasteiger partial charge in [-0.2, -0.15) is 0 Å². The van der Waals surface area contributed by atoms with Crippen molar-refractivity contribution in [2.45, 2.75) is 0 Å². The fraction of sp³-hybridized carbons (Fsp3) is 0.143. The van der Waals surface area contributed by atoms with Crippen LogP contribution in [0.1, 0.15) is 0 Å². The number of hydrogen-bond acceptors (Lipinski definition) is 5. The van der Waals surface area contributed by atoms with Crippen LogP contribution < -0.4 is 4.90 Å². The minimum atomic E-state index is 0.386. The van der Waals surface area contributed by atoms with E-state index < -0.39 is 0 Å². The summed E-state index contributed by atoms with van der Waals surface area (Å²) in [5.74, 6) is 1.44. The van der Waals surface area contributed by atoms with Crippen LogP contribution in [0.25, 0.3) is 23.1 Å². The maximum absolute atomic E-state index is 5.58. The highest BCUT2D eigenvalue weighted by molar-refractivity contribution is 5.59. The highest BCUT2D eigenvalue weighted by Crippen LogP contribution is 2.25. The van der Waals surface area contributed by atoms with Crippen LogP contribution in [0, 0.1) is 0 Å². The molecule has 2 aromatic heterocycles. The molecule has 3 rings (SSSR count). The van der Waals surface area contributed by atoms with Gasteiger partial charge in [0.05, 0.1) is 6.26 Å². The molecular weight excluding hydrogens is 242 g/mol. The van der Waals surface area contributed by atoms with E-state index in [1.165, 1.54) is 0 Å². The SMILES string of the molecule is CN(C)c1ccc(-c2nnc(-c3ccco3)o2)cc1. The first kappa shape index (κ1) is 11.5. The summed E-state index contributed by atoms with van der Waals surface area (Å²) in [5.41, 5.74) is 2.01. The third kappa shape index (κ3) is 2.22. The zero-order valence-corrected chi connectivity index (χ0v) is 10.7. The normalized spacial score (nSPS) is 10.6. The molecule has 0 spiro atoms. The first-order chi connectivity index (χ1) is 9.24. The van der Waals surface area contributed by atoms with Crippen LogP contribution in [-0.2, 0) is 0 Å². The molecule has 0 unspecified atom stereocenters. The standard InChI is InChI=1S/C14H13N3O2/c1-17(2)11-7-5-10(6-8-11)13-15-16-14(19-13)12-4-3-9-18-12/h3-9H,1-2H3. The first-order valence-electron chi connectivity index (χ1n) is 5.89. The van der Waals surface area contributed by atoms with Gasteiger partial charge in [-0.25, -0.2) is 0 Å². The molecule has 3 aromatic rings. The molecule has 0 radical (unpaired) electrons. The summed E-state index contributed by atoms with van der Waals surface area (Å²) in [6.07, 6.45) is 1.57. The van der Waals surface area contributed by atoms with E-state index >= 15 is 0 Å². The molecule has 0 bridgehead atoms. The zero-order valence-electron chi connectivity index (χ0n) is 10.7. The molecule has 0 saturated carbocycles. The summed E-state index contributed by atoms with van der Waals surface area (Å²) in [6.45, 7) is 0. The van der Waals surface area contributed by atoms with Crippen LogP contribution in [0.4, 0.5) is 5.69 Å². The monoisotopic (exact) mass is 255 g/mol. The second-order valence-corrected chi connectivity index (χ2v) is 4.33. The van der Waals surface area contributed by atoms with E-state index in [2.05, 4.69) is 10.2 Å². The zero-order chi connectivity index (χ0) is 13.2. The van der Waals surface area contributed by atoms with Crippen molar-refractivity contribution in [1.29, 1.82) is 0 Å². The molecule has 0 aliphatic rings. The summed E-state index contributed by atoms with van der Waals surface area (Å²) < 4.78 is 10.8. The Morgan fingerprint density at radius 1 is 0.947 bits per heavy atom. The minimum Gasteiger partial charge on any atom is -0.459 e. The molecular formula is C14H13N3O2. The van der Waals surface area contributed by atoms with E-state index in [-0.39, 0.29) is 0 Å². The largest absolute Gasteiger partial charge is 0.459 e. The maximum atomic E-state index is 5.58. The Labute approximate surface area is 110 Å². The van der Waals surface area contributed by atoms with Gasteiger partial charge in [0.25, 0.3) is 5.89 Å². The molecule has 0 N–H and O–H groups in total. The Morgan fingerprint density at radius 2 is 1.68 bits per heavy atom. The van der Waals surface area contributed by atoms with Crippen molar-refractivity contribution in [1.82, 2.24) is 10.2 Å². The number of nitrogens with zero attached hydrogens (tertiary/aromatic N) is 3. The predicted octanol–water partition coefficient (Wildman–Crippen LogP) is 3.06. The van der Waals surface area contributed by atoms with Crippen LogP contribution in [0.5, 0.6) is 0 Å². The van der Waals surface area contributed by atoms with Gasteiger partial charge in [0.2, 0.25) is 5.89 Å². The smallest absolute Gasteiger partial charge is 0.283 e. The molecule has 0 atom stereocenters. The molecule has 2 heterocycles. The number of aromatic nitrogens is 2. The lowest BCUT2D eigenvalue weighted by molar-refractivity contribution is 0.523. The molecule has 5 nitrogen and oxygen atoms in total. The fourth-order valence-corrected chi connectivity index (χ4v) is 1.74. The molecule has 5 heteroatoms. The van der Waals surface area contributed by atoms with Gasteiger partial charge in [-0.05, 0) is 36.4 Å². The highest BCUT2D eigenvalue weighted by atomic mass is 16.4. The lowest BCUT2D eigenvalue weighted by atomic mass is 10.2. The maximum Gasteiger partial charge on any atom is 0.283 e. The molecule has 0 saturated heterocycles. The molecule has 1 aromatic carbocycles. The average molecular weight is 255 g/mol. The summed E-state index contributed by atoms with van der Waals surface area (Å²) in [6, 6.07) is 11.5. The van der Waals surface area contributed by atoms with Crippen molar-refractivity contribution in [2.24, 2.45) is 0 Å². The van der Waals surface area contributed by atoms with E-state index in [0.717, 1.165) is 11.3 Å². The number of benzene rings is 1. The molecule has 0 fully saturated rings. The van der Waals surface area contributed by atoms with Crippen molar-refractivity contribution in [3.05, 3.63) is 42.7 Å². The Balaban J connectivity index is 1.90. The fourth-order valence-electron chi connectivity index (χ4n) is 1.74. The van der Waals surface area contributed by atoms with Gasteiger partial charge in [0.1, 0.15) is 0 Å². The first-order valence-corrected chi connectivity index (χ1v) is 5.89. The van der Waals surface area contributed by atoms with Gasteiger partial charge in [-0.15, -0.1) is 10.2 Å². The van der Waals surface area contributed by atoms with Gasteiger partial charge in [-0.1, -0.05) is 0 Å². The predicted molar refractivity (Wildman–Crippen MR) is 71.8 cm³/mol. The van der Waals surface area contributed by atoms with Gasteiger partial charge >= 0.3 is 0 Å². The quantitative estimate of drug-likeness (QED) is 0.720. The number of hydrogen-bond donors (Lipinski definition) is 0. The van der Waals surface area contributed by atoms with Gasteiger partial charge in [0, 0.05) is 25.3 Å². The lowest BCUT2D eigenvalue weighted by Gasteiger charge is -2.11. The molecule has 0 amide bonds. The molecule has 19 heavy (non-hydrogen) atoms. The molecule has 0 aliphatic heterocycles. The van der Waals surface area contributed by atoms with E-state index in [1.54, 1.807) is 18.4 Å². The average Bonchev–Trinajstić information content (AvgIpc) is 3.10. The number of rotatable bonds is 3. The van der Waals surface area contributed by atoms with Crippen molar-refractivity contribution < 1.29 is 8.83 Å². The van der Waals surface area contributed by atoms with Gasteiger partial charge in [0.15, 0.2) is 5.76 Å². The third-order valence-electron chi connectivity index (χ3n) is 2.79. The number of anilines is 1. The van der Waals surface area contributed by atoms with Crippen molar-refractivity contribution in [3.63, 3.8) is 0 Å². The Hall–Kier alpha value is -2.56. The Bertz CT molecular complexity index is 654. The summed E-state index contributed by atoms with van der Waals surface area (Å²) >= 11 is 0. The summed E-state index contributed by atoms with van der Waals surface area (Å²) in [4.78, 5) is 2.03. The molecule has 0 aliphatic carbocycles. The topological polar surface area (TPSA) is 55.3 Å². The van der Waals surface area contributed by atoms with Crippen molar-refractivity contribution in [3.8, 4) is 23.1 Å². The van der Waals surface area contributed by atoms with Crippen LogP contribution >= 0.6 is 0 Å². The van der Waals surface area contributed by atoms with Crippen molar-refractivity contribution >= 4 is 5.69 Å². The van der Waals surface area contributed by atoms with Gasteiger partial charge < -0.3 is 13.7 Å². The second kappa shape index (κ2) is 4.61. The molecule has 96 valence electrons. The van der Waals surface area contributed by atoms with E-state index in [4.69, 9.17) is 8.83 Å². The van der Waals surface area contributed by atoms with Gasteiger partial charge in [-0.3, -0.25) is 0 Å². The van der Waals surface area contributed by atoms with E-state index in [1.807, 2.05) is 43.3 Å². The van der Waals surface area contributed by atoms with E-state index in [9.17, 15) is 0 Å². The minimum absolute atomic E-state index is 0.386. The van der Waals surface area contributed by atoms with Crippen LogP contribution in [0.3, 0.4) is 0 Å². The Kier molecular flexibility index (Phi) is 2.79. The summed E-state index contributed by atoms with van der Waals surface area (Å²) in [7, 11) is 3.99. The van der Waals surface area contributed by atoms with E-state index in [0.29, 0.717) is 17.5 Å². The van der Waals surface area contributed by atoms with Crippen LogP contribution in [-0.4, -0.2) is 24.3 Å². The van der Waals surface area contributed by atoms with Crippen molar-refractivity contribution in [2.75, 3.05) is 19.0 Å². The Morgan fingerprint density at radius 3 is 2.32 bits per heavy atom.